The maximum atomic E-state index is 14.1. The molecule has 160 valence electrons. The minimum absolute atomic E-state index is 0.245. The number of rotatable bonds is 3. The molecular weight excluding hydrogens is 415 g/mol. The molecule has 0 amide bonds. The van der Waals surface area contributed by atoms with Gasteiger partial charge in [0.05, 0.1) is 11.4 Å². The van der Waals surface area contributed by atoms with Gasteiger partial charge in [0.2, 0.25) is 0 Å². The molecule has 0 radical (unpaired) electrons. The monoisotopic (exact) mass is 434 g/mol. The average Bonchev–Trinajstić information content (AvgIpc) is 3.41. The highest BCUT2D eigenvalue weighted by atomic mass is 19.1. The molecule has 0 bridgehead atoms. The van der Waals surface area contributed by atoms with Gasteiger partial charge < -0.3 is 10.7 Å². The van der Waals surface area contributed by atoms with E-state index in [1.165, 1.54) is 6.07 Å². The number of fused-ring (bicyclic) bond motifs is 2. The van der Waals surface area contributed by atoms with E-state index in [9.17, 15) is 4.39 Å². The van der Waals surface area contributed by atoms with E-state index in [4.69, 9.17) is 5.73 Å². The second kappa shape index (κ2) is 7.27. The van der Waals surface area contributed by atoms with Crippen LogP contribution in [0.15, 0.2) is 73.2 Å². The Morgan fingerprint density at radius 2 is 1.76 bits per heavy atom. The first-order valence-corrected chi connectivity index (χ1v) is 10.5. The van der Waals surface area contributed by atoms with Gasteiger partial charge in [0.15, 0.2) is 5.65 Å². The summed E-state index contributed by atoms with van der Waals surface area (Å²) in [4.78, 5) is 12.2. The highest BCUT2D eigenvalue weighted by Gasteiger charge is 2.15. The van der Waals surface area contributed by atoms with Crippen LogP contribution in [0.25, 0.3) is 55.6 Å². The van der Waals surface area contributed by atoms with Crippen LogP contribution in [-0.4, -0.2) is 25.1 Å². The molecule has 0 spiro atoms. The Kier molecular flexibility index (Phi) is 4.23. The van der Waals surface area contributed by atoms with Crippen molar-refractivity contribution in [3.8, 4) is 33.6 Å². The molecule has 4 aromatic heterocycles. The Bertz CT molecular complexity index is 1640. The third-order valence-electron chi connectivity index (χ3n) is 5.78. The number of hydrogen-bond donors (Lipinski definition) is 3. The number of halogens is 1. The van der Waals surface area contributed by atoms with Crippen LogP contribution in [0.5, 0.6) is 0 Å². The van der Waals surface area contributed by atoms with Crippen LogP contribution in [0.3, 0.4) is 0 Å². The molecule has 4 heterocycles. The molecule has 0 unspecified atom stereocenters. The van der Waals surface area contributed by atoms with Gasteiger partial charge in [0, 0.05) is 46.0 Å². The lowest BCUT2D eigenvalue weighted by atomic mass is 9.99. The fraction of sp³-hybridized carbons (Fsp3) is 0.0385. The largest absolute Gasteiger partial charge is 0.397 e. The number of nitrogens with two attached hydrogens (primary N) is 1. The second-order valence-electron chi connectivity index (χ2n) is 8.17. The molecule has 6 nitrogen and oxygen atoms in total. The minimum Gasteiger partial charge on any atom is -0.397 e. The quantitative estimate of drug-likeness (QED) is 0.325. The van der Waals surface area contributed by atoms with E-state index in [-0.39, 0.29) is 5.82 Å². The van der Waals surface area contributed by atoms with E-state index >= 15 is 0 Å². The van der Waals surface area contributed by atoms with Crippen LogP contribution < -0.4 is 5.73 Å². The van der Waals surface area contributed by atoms with Crippen molar-refractivity contribution in [1.82, 2.24) is 25.1 Å². The van der Waals surface area contributed by atoms with Crippen molar-refractivity contribution in [2.45, 2.75) is 6.92 Å². The van der Waals surface area contributed by atoms with Crippen molar-refractivity contribution < 1.29 is 4.39 Å². The molecule has 0 aliphatic rings. The summed E-state index contributed by atoms with van der Waals surface area (Å²) in [5.74, 6) is -0.245. The molecule has 6 rings (SSSR count). The number of nitrogens with one attached hydrogen (secondary N) is 2. The lowest BCUT2D eigenvalue weighted by Gasteiger charge is -2.05. The summed E-state index contributed by atoms with van der Waals surface area (Å²) < 4.78 is 14.1. The van der Waals surface area contributed by atoms with Crippen LogP contribution in [0.4, 0.5) is 10.1 Å². The van der Waals surface area contributed by atoms with Gasteiger partial charge >= 0.3 is 0 Å². The first kappa shape index (κ1) is 19.2. The number of nitrogens with zero attached hydrogens (tertiary/aromatic N) is 3. The Morgan fingerprint density at radius 1 is 0.879 bits per heavy atom. The molecule has 6 aromatic rings. The zero-order chi connectivity index (χ0) is 22.5. The summed E-state index contributed by atoms with van der Waals surface area (Å²) in [5.41, 5.74) is 14.2. The fourth-order valence-corrected chi connectivity index (χ4v) is 4.31. The molecule has 0 saturated heterocycles. The van der Waals surface area contributed by atoms with E-state index < -0.39 is 0 Å². The standard InChI is InChI=1S/C26H19FN6/c1-14-5-15(7-18(27)6-14)20-3-2-4-23-21(20)10-24(31-23)25-22-9-17(12-30-26(22)33-32-25)16-8-19(28)13-29-11-16/h2-13,31H,28H2,1H3,(H,30,32,33). The highest BCUT2D eigenvalue weighted by molar-refractivity contribution is 6.01. The van der Waals surface area contributed by atoms with Gasteiger partial charge in [0.1, 0.15) is 11.5 Å². The predicted octanol–water partition coefficient (Wildman–Crippen LogP) is 5.86. The normalized spacial score (nSPS) is 11.5. The number of pyridine rings is 2. The number of aryl methyl sites for hydroxylation is 1. The molecule has 0 fully saturated rings. The van der Waals surface area contributed by atoms with Gasteiger partial charge in [-0.15, -0.1) is 0 Å². The minimum atomic E-state index is -0.245. The molecule has 0 saturated carbocycles. The number of hydrogen-bond acceptors (Lipinski definition) is 4. The zero-order valence-corrected chi connectivity index (χ0v) is 17.7. The van der Waals surface area contributed by atoms with Gasteiger partial charge in [0.25, 0.3) is 0 Å². The van der Waals surface area contributed by atoms with Crippen molar-refractivity contribution in [1.29, 1.82) is 0 Å². The maximum Gasteiger partial charge on any atom is 0.155 e. The average molecular weight is 434 g/mol. The second-order valence-corrected chi connectivity index (χ2v) is 8.17. The summed E-state index contributed by atoms with van der Waals surface area (Å²) in [5, 5.41) is 9.41. The van der Waals surface area contributed by atoms with E-state index in [2.05, 4.69) is 31.2 Å². The summed E-state index contributed by atoms with van der Waals surface area (Å²) in [6, 6.07) is 17.0. The van der Waals surface area contributed by atoms with Gasteiger partial charge in [-0.25, -0.2) is 9.37 Å². The van der Waals surface area contributed by atoms with Crippen molar-refractivity contribution in [2.75, 3.05) is 5.73 Å². The van der Waals surface area contributed by atoms with Gasteiger partial charge in [-0.3, -0.25) is 10.1 Å². The summed E-state index contributed by atoms with van der Waals surface area (Å²) in [6.45, 7) is 1.89. The number of nitrogen functional groups attached to an aromatic ring is 1. The third-order valence-corrected chi connectivity index (χ3v) is 5.78. The van der Waals surface area contributed by atoms with Crippen molar-refractivity contribution in [2.24, 2.45) is 0 Å². The van der Waals surface area contributed by atoms with Crippen LogP contribution in [0, 0.1) is 12.7 Å². The molecule has 7 heteroatoms. The summed E-state index contributed by atoms with van der Waals surface area (Å²) in [6.07, 6.45) is 5.15. The van der Waals surface area contributed by atoms with Crippen LogP contribution in [-0.2, 0) is 0 Å². The zero-order valence-electron chi connectivity index (χ0n) is 17.7. The van der Waals surface area contributed by atoms with E-state index in [1.807, 2.05) is 43.3 Å². The highest BCUT2D eigenvalue weighted by Crippen LogP contribution is 2.35. The predicted molar refractivity (Wildman–Crippen MR) is 129 cm³/mol. The van der Waals surface area contributed by atoms with Gasteiger partial charge in [-0.05, 0) is 60.0 Å². The van der Waals surface area contributed by atoms with Gasteiger partial charge in [-0.2, -0.15) is 5.10 Å². The lowest BCUT2D eigenvalue weighted by molar-refractivity contribution is 0.627. The first-order chi connectivity index (χ1) is 16.0. The number of aromatic nitrogens is 5. The molecule has 0 aliphatic carbocycles. The van der Waals surface area contributed by atoms with E-state index in [0.29, 0.717) is 11.3 Å². The number of H-pyrrole nitrogens is 2. The Balaban J connectivity index is 1.51. The maximum absolute atomic E-state index is 14.1. The molecule has 0 aliphatic heterocycles. The number of aromatic amines is 2. The Labute approximate surface area is 188 Å². The van der Waals surface area contributed by atoms with Crippen LogP contribution in [0.1, 0.15) is 5.56 Å². The number of benzene rings is 2. The van der Waals surface area contributed by atoms with Crippen molar-refractivity contribution in [3.63, 3.8) is 0 Å². The molecule has 4 N–H and O–H groups in total. The lowest BCUT2D eigenvalue weighted by Crippen LogP contribution is -1.88. The van der Waals surface area contributed by atoms with Crippen molar-refractivity contribution in [3.05, 3.63) is 84.6 Å². The van der Waals surface area contributed by atoms with Crippen LogP contribution in [0.2, 0.25) is 0 Å². The van der Waals surface area contributed by atoms with Gasteiger partial charge in [-0.1, -0.05) is 18.2 Å². The third kappa shape index (κ3) is 3.30. The fourth-order valence-electron chi connectivity index (χ4n) is 4.31. The molecular formula is C26H19FN6. The Morgan fingerprint density at radius 3 is 2.61 bits per heavy atom. The molecule has 2 aromatic carbocycles. The Hall–Kier alpha value is -4.52. The topological polar surface area (TPSA) is 96.3 Å². The van der Waals surface area contributed by atoms with E-state index in [0.717, 1.165) is 55.5 Å². The molecule has 0 atom stereocenters. The number of anilines is 1. The first-order valence-electron chi connectivity index (χ1n) is 10.5. The SMILES string of the molecule is Cc1cc(F)cc(-c2cccc3[nH]c(-c4n[nH]c5ncc(-c6cncc(N)c6)cc45)cc23)c1. The smallest absolute Gasteiger partial charge is 0.155 e. The van der Waals surface area contributed by atoms with E-state index in [1.54, 1.807) is 24.7 Å². The molecule has 33 heavy (non-hydrogen) atoms. The summed E-state index contributed by atoms with van der Waals surface area (Å²) in [7, 11) is 0. The van der Waals surface area contributed by atoms with Crippen LogP contribution >= 0.6 is 0 Å². The van der Waals surface area contributed by atoms with Crippen molar-refractivity contribution >= 4 is 27.6 Å². The summed E-state index contributed by atoms with van der Waals surface area (Å²) >= 11 is 0.